The van der Waals surface area contributed by atoms with Crippen LogP contribution in [0.2, 0.25) is 33.2 Å². The van der Waals surface area contributed by atoms with Gasteiger partial charge in [0, 0.05) is 14.2 Å². The predicted molar refractivity (Wildman–Crippen MR) is 148 cm³/mol. The fourth-order valence-electron chi connectivity index (χ4n) is 6.50. The zero-order valence-corrected chi connectivity index (χ0v) is 26.7. The van der Waals surface area contributed by atoms with Crippen molar-refractivity contribution in [3.05, 3.63) is 0 Å². The molecule has 0 aromatic carbocycles. The Labute approximate surface area is 213 Å². The standard InChI is InChI=1S/C26H58O6Si2/c1-17(2)33(18(3)4,19(5)6)31-15-23(29-13)25(27)26(28)24(30-14)16-32-34(20(7)8,21(9)10)22(11)12/h17-28H,15-16H2,1-14H3/t23-,24-,25-,26-/m1/s1. The number of hydrogen-bond donors (Lipinski definition) is 2. The maximum atomic E-state index is 11.1. The number of methoxy groups -OCH3 is 2. The third kappa shape index (κ3) is 7.60. The molecule has 0 aliphatic carbocycles. The van der Waals surface area contributed by atoms with Gasteiger partial charge in [0.15, 0.2) is 16.6 Å². The summed E-state index contributed by atoms with van der Waals surface area (Å²) in [5.74, 6) is 0. The number of aliphatic hydroxyl groups excluding tert-OH is 2. The zero-order valence-electron chi connectivity index (χ0n) is 24.7. The Morgan fingerprint density at radius 3 is 0.824 bits per heavy atom. The third-order valence-corrected chi connectivity index (χ3v) is 20.3. The van der Waals surface area contributed by atoms with E-state index < -0.39 is 41.1 Å². The van der Waals surface area contributed by atoms with Crippen LogP contribution in [0.1, 0.15) is 83.1 Å². The molecular formula is C26H58O6Si2. The molecule has 0 radical (unpaired) electrons. The molecule has 2 N–H and O–H groups in total. The second kappa shape index (κ2) is 14.8. The highest BCUT2D eigenvalue weighted by molar-refractivity contribution is 6.78. The molecule has 0 aliphatic heterocycles. The van der Waals surface area contributed by atoms with Crippen LogP contribution < -0.4 is 0 Å². The van der Waals surface area contributed by atoms with Gasteiger partial charge in [-0.3, -0.25) is 0 Å². The van der Waals surface area contributed by atoms with Crippen molar-refractivity contribution in [2.75, 3.05) is 27.4 Å². The zero-order chi connectivity index (χ0) is 27.0. The smallest absolute Gasteiger partial charge is 0.200 e. The lowest BCUT2D eigenvalue weighted by Crippen LogP contribution is -2.55. The van der Waals surface area contributed by atoms with Crippen LogP contribution in [0, 0.1) is 0 Å². The number of aliphatic hydroxyl groups is 2. The molecule has 0 bridgehead atoms. The highest BCUT2D eigenvalue weighted by Gasteiger charge is 2.48. The van der Waals surface area contributed by atoms with E-state index in [1.807, 2.05) is 0 Å². The fraction of sp³-hybridized carbons (Fsp3) is 1.00. The van der Waals surface area contributed by atoms with Gasteiger partial charge in [-0.15, -0.1) is 0 Å². The summed E-state index contributed by atoms with van der Waals surface area (Å²) in [5, 5.41) is 22.2. The van der Waals surface area contributed by atoms with E-state index in [0.717, 1.165) is 0 Å². The summed E-state index contributed by atoms with van der Waals surface area (Å²) in [6.07, 6.45) is -3.61. The van der Waals surface area contributed by atoms with E-state index in [-0.39, 0.29) is 13.2 Å². The first-order valence-electron chi connectivity index (χ1n) is 13.3. The van der Waals surface area contributed by atoms with Crippen LogP contribution in [0.5, 0.6) is 0 Å². The van der Waals surface area contributed by atoms with Crippen LogP contribution in [0.25, 0.3) is 0 Å². The first-order chi connectivity index (χ1) is 15.6. The summed E-state index contributed by atoms with van der Waals surface area (Å²) in [6.45, 7) is 27.2. The van der Waals surface area contributed by atoms with Crippen molar-refractivity contribution >= 4 is 16.6 Å². The molecule has 0 amide bonds. The Morgan fingerprint density at radius 2 is 0.676 bits per heavy atom. The second-order valence-corrected chi connectivity index (χ2v) is 22.7. The van der Waals surface area contributed by atoms with Gasteiger partial charge in [-0.2, -0.15) is 0 Å². The fourth-order valence-corrected chi connectivity index (χ4v) is 17.4. The molecule has 34 heavy (non-hydrogen) atoms. The number of hydrogen-bond acceptors (Lipinski definition) is 6. The minimum Gasteiger partial charge on any atom is -0.413 e. The predicted octanol–water partition coefficient (Wildman–Crippen LogP) is 6.12. The molecule has 0 aromatic heterocycles. The molecular weight excluding hydrogens is 464 g/mol. The summed E-state index contributed by atoms with van der Waals surface area (Å²) in [4.78, 5) is 0. The van der Waals surface area contributed by atoms with E-state index in [4.69, 9.17) is 18.3 Å². The van der Waals surface area contributed by atoms with Crippen molar-refractivity contribution in [1.82, 2.24) is 0 Å². The van der Waals surface area contributed by atoms with E-state index in [1.54, 1.807) is 14.2 Å². The van der Waals surface area contributed by atoms with Crippen LogP contribution in [0.4, 0.5) is 0 Å². The SMILES string of the molecule is CO[C@H](CO[Si](C(C)C)(C(C)C)C(C)C)[C@@H](O)[C@H](O)[C@@H](CO[Si](C(C)C)(C(C)C)C(C)C)OC. The van der Waals surface area contributed by atoms with E-state index in [9.17, 15) is 10.2 Å². The largest absolute Gasteiger partial charge is 0.413 e. The van der Waals surface area contributed by atoms with Crippen LogP contribution in [-0.2, 0) is 18.3 Å². The highest BCUT2D eigenvalue weighted by Crippen LogP contribution is 2.43. The topological polar surface area (TPSA) is 77.4 Å². The number of ether oxygens (including phenoxy) is 2. The molecule has 6 nitrogen and oxygen atoms in total. The molecule has 0 saturated heterocycles. The van der Waals surface area contributed by atoms with Gasteiger partial charge >= 0.3 is 0 Å². The van der Waals surface area contributed by atoms with Crippen LogP contribution in [0.15, 0.2) is 0 Å². The van der Waals surface area contributed by atoms with Gasteiger partial charge in [-0.05, 0) is 33.2 Å². The maximum Gasteiger partial charge on any atom is 0.200 e. The molecule has 0 aliphatic rings. The first-order valence-corrected chi connectivity index (χ1v) is 17.5. The van der Waals surface area contributed by atoms with Gasteiger partial charge in [0.1, 0.15) is 24.4 Å². The average molecular weight is 523 g/mol. The molecule has 0 heterocycles. The minimum absolute atomic E-state index is 0.245. The van der Waals surface area contributed by atoms with Gasteiger partial charge in [0.25, 0.3) is 0 Å². The van der Waals surface area contributed by atoms with Crippen LogP contribution in [-0.4, -0.2) is 78.7 Å². The lowest BCUT2D eigenvalue weighted by atomic mass is 10.0. The Morgan fingerprint density at radius 1 is 0.471 bits per heavy atom. The summed E-state index contributed by atoms with van der Waals surface area (Å²) in [7, 11) is -1.14. The summed E-state index contributed by atoms with van der Waals surface area (Å²) in [6, 6.07) is 0. The monoisotopic (exact) mass is 522 g/mol. The van der Waals surface area contributed by atoms with E-state index >= 15 is 0 Å². The molecule has 0 unspecified atom stereocenters. The molecule has 0 rings (SSSR count). The van der Waals surface area contributed by atoms with E-state index in [2.05, 4.69) is 83.1 Å². The second-order valence-electron chi connectivity index (χ2n) is 11.8. The quantitative estimate of drug-likeness (QED) is 0.224. The van der Waals surface area contributed by atoms with Gasteiger partial charge in [0.05, 0.1) is 13.2 Å². The van der Waals surface area contributed by atoms with Crippen molar-refractivity contribution < 1.29 is 28.5 Å². The van der Waals surface area contributed by atoms with Gasteiger partial charge < -0.3 is 28.5 Å². The van der Waals surface area contributed by atoms with Crippen molar-refractivity contribution in [2.24, 2.45) is 0 Å². The Balaban J connectivity index is 5.58. The Bertz CT molecular complexity index is 462. The molecule has 206 valence electrons. The molecule has 0 spiro atoms. The van der Waals surface area contributed by atoms with Crippen molar-refractivity contribution in [2.45, 2.75) is 141 Å². The van der Waals surface area contributed by atoms with Crippen LogP contribution in [0.3, 0.4) is 0 Å². The van der Waals surface area contributed by atoms with E-state index in [0.29, 0.717) is 33.2 Å². The molecule has 8 heteroatoms. The lowest BCUT2D eigenvalue weighted by molar-refractivity contribution is -0.138. The van der Waals surface area contributed by atoms with Gasteiger partial charge in [-0.25, -0.2) is 0 Å². The third-order valence-electron chi connectivity index (χ3n) is 8.13. The van der Waals surface area contributed by atoms with Crippen molar-refractivity contribution in [3.63, 3.8) is 0 Å². The normalized spacial score (nSPS) is 17.5. The van der Waals surface area contributed by atoms with Gasteiger partial charge in [-0.1, -0.05) is 83.1 Å². The molecule has 4 atom stereocenters. The summed E-state index contributed by atoms with van der Waals surface area (Å²) < 4.78 is 24.5. The Hall–Kier alpha value is 0.194. The molecule has 0 aromatic rings. The van der Waals surface area contributed by atoms with E-state index in [1.165, 1.54) is 0 Å². The highest BCUT2D eigenvalue weighted by atomic mass is 28.4. The van der Waals surface area contributed by atoms with Crippen molar-refractivity contribution in [1.29, 1.82) is 0 Å². The maximum absolute atomic E-state index is 11.1. The average Bonchev–Trinajstić information content (AvgIpc) is 2.71. The minimum atomic E-state index is -2.12. The Kier molecular flexibility index (Phi) is 14.9. The lowest BCUT2D eigenvalue weighted by Gasteiger charge is -2.44. The number of rotatable bonds is 17. The molecule has 0 fully saturated rings. The van der Waals surface area contributed by atoms with Gasteiger partial charge in [0.2, 0.25) is 0 Å². The molecule has 0 saturated carbocycles. The summed E-state index contributed by atoms with van der Waals surface area (Å²) in [5.41, 5.74) is 2.55. The first kappa shape index (κ1) is 34.2. The van der Waals surface area contributed by atoms with Crippen LogP contribution >= 0.6 is 0 Å². The summed E-state index contributed by atoms with van der Waals surface area (Å²) >= 11 is 0. The van der Waals surface area contributed by atoms with Crippen molar-refractivity contribution in [3.8, 4) is 0 Å².